The second-order valence-electron chi connectivity index (χ2n) is 4.16. The highest BCUT2D eigenvalue weighted by Gasteiger charge is 2.18. The van der Waals surface area contributed by atoms with Crippen molar-refractivity contribution < 1.29 is 0 Å². The molecule has 0 aliphatic carbocycles. The Labute approximate surface area is 85.2 Å². The summed E-state index contributed by atoms with van der Waals surface area (Å²) in [4.78, 5) is 0. The zero-order chi connectivity index (χ0) is 9.90. The fraction of sp³-hybridized carbons (Fsp3) is 0.636. The first kappa shape index (κ1) is 10.7. The van der Waals surface area contributed by atoms with Crippen LogP contribution in [0.15, 0.2) is 16.8 Å². The van der Waals surface area contributed by atoms with E-state index in [0.29, 0.717) is 6.04 Å². The Morgan fingerprint density at radius 2 is 2.23 bits per heavy atom. The van der Waals surface area contributed by atoms with Crippen molar-refractivity contribution in [1.82, 2.24) is 5.32 Å². The van der Waals surface area contributed by atoms with Crippen LogP contribution >= 0.6 is 11.3 Å². The molecular weight excluding hydrogens is 178 g/mol. The zero-order valence-corrected chi connectivity index (χ0v) is 9.74. The maximum Gasteiger partial charge on any atom is 0.0304 e. The SMILES string of the molecule is CCC(C)(C)NC(C)c1ccsc1. The van der Waals surface area contributed by atoms with Crippen LogP contribution in [0.25, 0.3) is 0 Å². The van der Waals surface area contributed by atoms with Gasteiger partial charge in [0.05, 0.1) is 0 Å². The van der Waals surface area contributed by atoms with Gasteiger partial charge in [-0.3, -0.25) is 0 Å². The summed E-state index contributed by atoms with van der Waals surface area (Å²) in [6.07, 6.45) is 1.15. The third-order valence-electron chi connectivity index (χ3n) is 2.53. The van der Waals surface area contributed by atoms with E-state index in [-0.39, 0.29) is 5.54 Å². The highest BCUT2D eigenvalue weighted by molar-refractivity contribution is 7.07. The van der Waals surface area contributed by atoms with Crippen LogP contribution in [-0.2, 0) is 0 Å². The summed E-state index contributed by atoms with van der Waals surface area (Å²) in [5, 5.41) is 7.96. The van der Waals surface area contributed by atoms with Crippen molar-refractivity contribution in [3.05, 3.63) is 22.4 Å². The van der Waals surface area contributed by atoms with Gasteiger partial charge in [-0.05, 0) is 49.6 Å². The lowest BCUT2D eigenvalue weighted by Gasteiger charge is -2.28. The lowest BCUT2D eigenvalue weighted by atomic mass is 9.99. The quantitative estimate of drug-likeness (QED) is 0.778. The minimum atomic E-state index is 0.237. The van der Waals surface area contributed by atoms with E-state index in [1.165, 1.54) is 5.56 Å². The summed E-state index contributed by atoms with van der Waals surface area (Å²) in [7, 11) is 0. The van der Waals surface area contributed by atoms with Gasteiger partial charge in [0.25, 0.3) is 0 Å². The van der Waals surface area contributed by atoms with Crippen LogP contribution in [-0.4, -0.2) is 5.54 Å². The third-order valence-corrected chi connectivity index (χ3v) is 3.24. The lowest BCUT2D eigenvalue weighted by molar-refractivity contribution is 0.338. The maximum atomic E-state index is 3.61. The zero-order valence-electron chi connectivity index (χ0n) is 8.92. The molecule has 0 bridgehead atoms. The predicted molar refractivity (Wildman–Crippen MR) is 60.2 cm³/mol. The summed E-state index contributed by atoms with van der Waals surface area (Å²) in [6.45, 7) is 8.93. The molecule has 0 fully saturated rings. The molecule has 1 aromatic rings. The Hall–Kier alpha value is -0.340. The van der Waals surface area contributed by atoms with Crippen molar-refractivity contribution in [2.45, 2.75) is 45.7 Å². The molecule has 0 amide bonds. The number of nitrogens with one attached hydrogen (secondary N) is 1. The molecule has 0 aliphatic heterocycles. The molecule has 2 heteroatoms. The monoisotopic (exact) mass is 197 g/mol. The van der Waals surface area contributed by atoms with E-state index in [1.807, 2.05) is 0 Å². The fourth-order valence-corrected chi connectivity index (χ4v) is 2.05. The summed E-state index contributed by atoms with van der Waals surface area (Å²) < 4.78 is 0. The number of hydrogen-bond acceptors (Lipinski definition) is 2. The predicted octanol–water partition coefficient (Wildman–Crippen LogP) is 3.59. The average molecular weight is 197 g/mol. The van der Waals surface area contributed by atoms with Gasteiger partial charge in [-0.2, -0.15) is 11.3 Å². The van der Waals surface area contributed by atoms with Gasteiger partial charge in [0.2, 0.25) is 0 Å². The maximum absolute atomic E-state index is 3.61. The Balaban J connectivity index is 2.56. The lowest BCUT2D eigenvalue weighted by Crippen LogP contribution is -2.39. The van der Waals surface area contributed by atoms with E-state index in [0.717, 1.165) is 6.42 Å². The largest absolute Gasteiger partial charge is 0.305 e. The minimum Gasteiger partial charge on any atom is -0.305 e. The van der Waals surface area contributed by atoms with Gasteiger partial charge in [0.15, 0.2) is 0 Å². The first-order chi connectivity index (χ1) is 6.05. The summed E-state index contributed by atoms with van der Waals surface area (Å²) >= 11 is 1.76. The first-order valence-corrected chi connectivity index (χ1v) is 5.79. The van der Waals surface area contributed by atoms with Crippen molar-refractivity contribution in [3.8, 4) is 0 Å². The van der Waals surface area contributed by atoms with Crippen molar-refractivity contribution >= 4 is 11.3 Å². The van der Waals surface area contributed by atoms with Crippen LogP contribution in [0.5, 0.6) is 0 Å². The first-order valence-electron chi connectivity index (χ1n) is 4.85. The summed E-state index contributed by atoms with van der Waals surface area (Å²) in [6, 6.07) is 2.65. The van der Waals surface area contributed by atoms with Gasteiger partial charge in [0, 0.05) is 11.6 Å². The van der Waals surface area contributed by atoms with E-state index >= 15 is 0 Å². The average Bonchev–Trinajstić information content (AvgIpc) is 2.55. The summed E-state index contributed by atoms with van der Waals surface area (Å²) in [5.41, 5.74) is 1.63. The molecule has 0 aliphatic rings. The van der Waals surface area contributed by atoms with E-state index in [2.05, 4.69) is 49.8 Å². The Kier molecular flexibility index (Phi) is 3.51. The molecule has 13 heavy (non-hydrogen) atoms. The molecular formula is C11H19NS. The van der Waals surface area contributed by atoms with E-state index in [4.69, 9.17) is 0 Å². The molecule has 0 aromatic carbocycles. The molecule has 1 atom stereocenters. The Morgan fingerprint density at radius 1 is 1.54 bits per heavy atom. The molecule has 1 N–H and O–H groups in total. The summed E-state index contributed by atoms with van der Waals surface area (Å²) in [5.74, 6) is 0. The van der Waals surface area contributed by atoms with E-state index in [1.54, 1.807) is 11.3 Å². The second-order valence-corrected chi connectivity index (χ2v) is 4.94. The Bertz CT molecular complexity index is 239. The van der Waals surface area contributed by atoms with Crippen LogP contribution < -0.4 is 5.32 Å². The second kappa shape index (κ2) is 4.25. The Morgan fingerprint density at radius 3 is 2.69 bits per heavy atom. The molecule has 1 nitrogen and oxygen atoms in total. The molecule has 0 saturated carbocycles. The minimum absolute atomic E-state index is 0.237. The van der Waals surface area contributed by atoms with Crippen LogP contribution in [0.4, 0.5) is 0 Å². The topological polar surface area (TPSA) is 12.0 Å². The molecule has 0 spiro atoms. The molecule has 1 heterocycles. The van der Waals surface area contributed by atoms with Gasteiger partial charge in [-0.25, -0.2) is 0 Å². The number of thiophene rings is 1. The standard InChI is InChI=1S/C11H19NS/c1-5-11(3,4)12-9(2)10-6-7-13-8-10/h6-9,12H,5H2,1-4H3. The van der Waals surface area contributed by atoms with Gasteiger partial charge in [-0.1, -0.05) is 6.92 Å². The highest BCUT2D eigenvalue weighted by Crippen LogP contribution is 2.20. The molecule has 1 aromatic heterocycles. The van der Waals surface area contributed by atoms with Crippen molar-refractivity contribution in [3.63, 3.8) is 0 Å². The molecule has 1 rings (SSSR count). The molecule has 1 unspecified atom stereocenters. The van der Waals surface area contributed by atoms with Crippen molar-refractivity contribution in [1.29, 1.82) is 0 Å². The number of rotatable bonds is 4. The van der Waals surface area contributed by atoms with Crippen LogP contribution in [0.1, 0.15) is 45.7 Å². The van der Waals surface area contributed by atoms with Gasteiger partial charge in [0.1, 0.15) is 0 Å². The molecule has 0 saturated heterocycles. The van der Waals surface area contributed by atoms with Gasteiger partial charge in [-0.15, -0.1) is 0 Å². The number of hydrogen-bond donors (Lipinski definition) is 1. The van der Waals surface area contributed by atoms with Gasteiger partial charge >= 0.3 is 0 Å². The molecule has 0 radical (unpaired) electrons. The van der Waals surface area contributed by atoms with Crippen molar-refractivity contribution in [2.24, 2.45) is 0 Å². The van der Waals surface area contributed by atoms with Gasteiger partial charge < -0.3 is 5.32 Å². The van der Waals surface area contributed by atoms with E-state index in [9.17, 15) is 0 Å². The normalized spacial score (nSPS) is 14.5. The van der Waals surface area contributed by atoms with Crippen LogP contribution in [0.2, 0.25) is 0 Å². The van der Waals surface area contributed by atoms with Crippen LogP contribution in [0, 0.1) is 0 Å². The van der Waals surface area contributed by atoms with E-state index < -0.39 is 0 Å². The smallest absolute Gasteiger partial charge is 0.0304 e. The van der Waals surface area contributed by atoms with Crippen molar-refractivity contribution in [2.75, 3.05) is 0 Å². The fourth-order valence-electron chi connectivity index (χ4n) is 1.29. The van der Waals surface area contributed by atoms with Crippen LogP contribution in [0.3, 0.4) is 0 Å². The molecule has 74 valence electrons. The third kappa shape index (κ3) is 3.12. The highest BCUT2D eigenvalue weighted by atomic mass is 32.1.